The molecule has 0 radical (unpaired) electrons. The molecular weight excluding hydrogens is 655 g/mol. The van der Waals surface area contributed by atoms with Gasteiger partial charge in [-0.25, -0.2) is 0 Å². The zero-order valence-electron chi connectivity index (χ0n) is 25.8. The molecule has 0 spiro atoms. The molecular formula is C35H47IO5Si. The van der Waals surface area contributed by atoms with Gasteiger partial charge in [-0.15, -0.1) is 0 Å². The maximum atomic E-state index is 11.5. The monoisotopic (exact) mass is 702 g/mol. The second-order valence-corrected chi connectivity index (χ2v) is 18.0. The van der Waals surface area contributed by atoms with Gasteiger partial charge in [0.25, 0.3) is 8.32 Å². The van der Waals surface area contributed by atoms with E-state index in [1.165, 1.54) is 10.4 Å². The number of ether oxygens (including phenoxy) is 3. The number of hydrogen-bond acceptors (Lipinski definition) is 5. The number of rotatable bonds is 13. The average Bonchev–Trinajstić information content (AvgIpc) is 3.29. The van der Waals surface area contributed by atoms with Gasteiger partial charge in [0.05, 0.1) is 37.6 Å². The van der Waals surface area contributed by atoms with Gasteiger partial charge in [-0.3, -0.25) is 0 Å². The zero-order chi connectivity index (χ0) is 30.4. The third-order valence-corrected chi connectivity index (χ3v) is 14.0. The molecule has 1 aliphatic rings. The van der Waals surface area contributed by atoms with Crippen molar-refractivity contribution in [3.8, 4) is 0 Å². The number of alkyl halides is 1. The van der Waals surface area contributed by atoms with Crippen molar-refractivity contribution < 1.29 is 23.7 Å². The van der Waals surface area contributed by atoms with Crippen LogP contribution in [0.15, 0.2) is 91.0 Å². The Hall–Kier alpha value is -1.59. The van der Waals surface area contributed by atoms with E-state index in [2.05, 4.69) is 111 Å². The summed E-state index contributed by atoms with van der Waals surface area (Å²) < 4.78 is 27.1. The minimum Gasteiger partial charge on any atom is -0.402 e. The first-order chi connectivity index (χ1) is 20.0. The third kappa shape index (κ3) is 7.91. The topological polar surface area (TPSA) is 57.2 Å². The fraction of sp³-hybridized carbons (Fsp3) is 0.486. The van der Waals surface area contributed by atoms with Gasteiger partial charge in [-0.05, 0) is 34.8 Å². The van der Waals surface area contributed by atoms with Crippen LogP contribution in [0.2, 0.25) is 5.04 Å². The highest BCUT2D eigenvalue weighted by atomic mass is 127. The van der Waals surface area contributed by atoms with Crippen LogP contribution in [-0.2, 0) is 25.2 Å². The van der Waals surface area contributed by atoms with Gasteiger partial charge in [0, 0.05) is 16.8 Å². The Balaban J connectivity index is 1.63. The fourth-order valence-corrected chi connectivity index (χ4v) is 11.4. The molecule has 42 heavy (non-hydrogen) atoms. The third-order valence-electron chi connectivity index (χ3n) is 8.07. The average molecular weight is 703 g/mol. The minimum absolute atomic E-state index is 0.0887. The highest BCUT2D eigenvalue weighted by molar-refractivity contribution is 14.1. The Morgan fingerprint density at radius 2 is 1.40 bits per heavy atom. The molecule has 0 saturated carbocycles. The summed E-state index contributed by atoms with van der Waals surface area (Å²) in [6.45, 7) is 14.0. The van der Waals surface area contributed by atoms with Crippen molar-refractivity contribution in [3.05, 3.63) is 96.6 Å². The van der Waals surface area contributed by atoms with E-state index >= 15 is 0 Å². The van der Waals surface area contributed by atoms with Crippen LogP contribution in [-0.4, -0.2) is 54.7 Å². The number of aliphatic hydroxyl groups excluding tert-OH is 1. The van der Waals surface area contributed by atoms with Crippen molar-refractivity contribution >= 4 is 41.3 Å². The predicted octanol–water partition coefficient (Wildman–Crippen LogP) is 6.49. The van der Waals surface area contributed by atoms with Crippen LogP contribution in [0.1, 0.15) is 53.5 Å². The van der Waals surface area contributed by atoms with Crippen molar-refractivity contribution in [1.29, 1.82) is 0 Å². The van der Waals surface area contributed by atoms with Gasteiger partial charge >= 0.3 is 0 Å². The second kappa shape index (κ2) is 14.5. The lowest BCUT2D eigenvalue weighted by Crippen LogP contribution is -2.68. The van der Waals surface area contributed by atoms with Crippen molar-refractivity contribution in [3.63, 3.8) is 0 Å². The minimum atomic E-state index is -2.89. The lowest BCUT2D eigenvalue weighted by Gasteiger charge is -2.46. The molecule has 5 atom stereocenters. The maximum Gasteiger partial charge on any atom is 0.261 e. The van der Waals surface area contributed by atoms with Crippen molar-refractivity contribution in [1.82, 2.24) is 0 Å². The summed E-state index contributed by atoms with van der Waals surface area (Å²) >= 11 is 2.26. The molecule has 0 amide bonds. The maximum absolute atomic E-state index is 11.5. The van der Waals surface area contributed by atoms with Crippen LogP contribution in [0.25, 0.3) is 0 Å². The number of hydrogen-bond donors (Lipinski definition) is 1. The molecule has 0 aromatic heterocycles. The van der Waals surface area contributed by atoms with E-state index in [0.29, 0.717) is 24.1 Å². The Morgan fingerprint density at radius 3 is 1.90 bits per heavy atom. The van der Waals surface area contributed by atoms with Gasteiger partial charge < -0.3 is 23.7 Å². The standard InChI is InChI=1S/C35H47IO5Si/c1-26(24-38-25-27-16-10-7-11-17-27)33-32(39-35(5,6)40-33)22-31(30(37)23-36)41-42(34(2,3)4,28-18-12-8-13-19-28)29-20-14-9-15-21-29/h7-21,26,30-33,37H,22-25H2,1-6H3/t26-,30-,31+,32-,33-/m0/s1. The molecule has 7 heteroatoms. The van der Waals surface area contributed by atoms with Crippen molar-refractivity contribution in [2.45, 2.75) is 89.8 Å². The molecule has 3 aromatic carbocycles. The lowest BCUT2D eigenvalue weighted by atomic mass is 9.95. The van der Waals surface area contributed by atoms with E-state index in [1.54, 1.807) is 0 Å². The fourth-order valence-electron chi connectivity index (χ4n) is 6.09. The van der Waals surface area contributed by atoms with Gasteiger partial charge in [-0.2, -0.15) is 0 Å². The summed E-state index contributed by atoms with van der Waals surface area (Å²) in [6.07, 6.45) is -1.04. The molecule has 1 saturated heterocycles. The quantitative estimate of drug-likeness (QED) is 0.126. The Labute approximate surface area is 267 Å². The van der Waals surface area contributed by atoms with Crippen molar-refractivity contribution in [2.75, 3.05) is 11.0 Å². The van der Waals surface area contributed by atoms with Crippen molar-refractivity contribution in [2.24, 2.45) is 5.92 Å². The van der Waals surface area contributed by atoms with Crippen LogP contribution in [0, 0.1) is 5.92 Å². The van der Waals surface area contributed by atoms with E-state index in [9.17, 15) is 5.11 Å². The zero-order valence-corrected chi connectivity index (χ0v) is 29.0. The molecule has 1 N–H and O–H groups in total. The van der Waals surface area contributed by atoms with Crippen LogP contribution in [0.5, 0.6) is 0 Å². The first kappa shape index (κ1) is 33.3. The molecule has 0 aliphatic carbocycles. The lowest BCUT2D eigenvalue weighted by molar-refractivity contribution is -0.154. The van der Waals surface area contributed by atoms with Crippen LogP contribution in [0.4, 0.5) is 0 Å². The smallest absolute Gasteiger partial charge is 0.261 e. The second-order valence-electron chi connectivity index (χ2n) is 12.9. The van der Waals surface area contributed by atoms with Crippen LogP contribution >= 0.6 is 22.6 Å². The normalized spacial score (nSPS) is 21.1. The summed E-state index contributed by atoms with van der Waals surface area (Å²) in [4.78, 5) is 0. The molecule has 1 aliphatic heterocycles. The van der Waals surface area contributed by atoms with Gasteiger partial charge in [0.15, 0.2) is 5.79 Å². The van der Waals surface area contributed by atoms with E-state index in [-0.39, 0.29) is 23.2 Å². The summed E-state index contributed by atoms with van der Waals surface area (Å²) in [5, 5.41) is 13.7. The summed E-state index contributed by atoms with van der Waals surface area (Å²) in [5.74, 6) is -0.647. The molecule has 0 bridgehead atoms. The molecule has 3 aromatic rings. The number of halogens is 1. The Bertz CT molecular complexity index is 1180. The van der Waals surface area contributed by atoms with E-state index in [0.717, 1.165) is 5.56 Å². The first-order valence-electron chi connectivity index (χ1n) is 15.0. The van der Waals surface area contributed by atoms with E-state index in [1.807, 2.05) is 44.2 Å². The molecule has 4 rings (SSSR count). The summed E-state index contributed by atoms with van der Waals surface area (Å²) in [5.41, 5.74) is 1.15. The number of aliphatic hydroxyl groups is 1. The summed E-state index contributed by atoms with van der Waals surface area (Å²) in [7, 11) is -2.89. The van der Waals surface area contributed by atoms with E-state index in [4.69, 9.17) is 18.6 Å². The van der Waals surface area contributed by atoms with Crippen LogP contribution in [0.3, 0.4) is 0 Å². The molecule has 5 nitrogen and oxygen atoms in total. The van der Waals surface area contributed by atoms with E-state index < -0.39 is 26.3 Å². The van der Waals surface area contributed by atoms with Gasteiger partial charge in [0.2, 0.25) is 0 Å². The number of benzene rings is 3. The highest BCUT2D eigenvalue weighted by Crippen LogP contribution is 2.40. The molecule has 1 fully saturated rings. The van der Waals surface area contributed by atoms with Gasteiger partial charge in [0.1, 0.15) is 0 Å². The Morgan fingerprint density at radius 1 is 0.881 bits per heavy atom. The molecule has 1 heterocycles. The van der Waals surface area contributed by atoms with Crippen LogP contribution < -0.4 is 10.4 Å². The first-order valence-corrected chi connectivity index (χ1v) is 18.4. The largest absolute Gasteiger partial charge is 0.402 e. The molecule has 0 unspecified atom stereocenters. The Kier molecular flexibility index (Phi) is 11.5. The van der Waals surface area contributed by atoms with Gasteiger partial charge in [-0.1, -0.05) is 141 Å². The predicted molar refractivity (Wildman–Crippen MR) is 181 cm³/mol. The SMILES string of the molecule is C[C@@H](COCc1ccccc1)[C@@H]1OC(C)(C)O[C@H]1C[C@@H](O[Si](c1ccccc1)(c1ccccc1)C(C)(C)C)[C@@H](O)CI. The highest BCUT2D eigenvalue weighted by Gasteiger charge is 2.53. The molecule has 228 valence electrons. The summed E-state index contributed by atoms with van der Waals surface area (Å²) in [6, 6.07) is 31.4.